The van der Waals surface area contributed by atoms with Crippen molar-refractivity contribution in [2.24, 2.45) is 0 Å². The molecule has 0 fully saturated rings. The van der Waals surface area contributed by atoms with Gasteiger partial charge in [0, 0.05) is 26.2 Å². The maximum absolute atomic E-state index is 13.0. The first-order valence-corrected chi connectivity index (χ1v) is 5.84. The van der Waals surface area contributed by atoms with Gasteiger partial charge in [-0.25, -0.2) is 4.39 Å². The van der Waals surface area contributed by atoms with Gasteiger partial charge in [0.25, 0.3) is 0 Å². The highest BCUT2D eigenvalue weighted by atomic mass is 19.1. The number of aliphatic hydroxyl groups is 2. The minimum atomic E-state index is -0.431. The monoisotopic (exact) mass is 252 g/mol. The van der Waals surface area contributed by atoms with Gasteiger partial charge in [-0.15, -0.1) is 0 Å². The summed E-state index contributed by atoms with van der Waals surface area (Å²) in [4.78, 5) is 1.92. The normalized spacial score (nSPS) is 10.6. The molecule has 0 aliphatic heterocycles. The zero-order chi connectivity index (χ0) is 13.4. The Morgan fingerprint density at radius 3 is 2.61 bits per heavy atom. The molecule has 2 N–H and O–H groups in total. The molecule has 0 saturated carbocycles. The molecule has 1 rings (SSSR count). The van der Waals surface area contributed by atoms with Gasteiger partial charge in [-0.2, -0.15) is 5.26 Å². The first-order chi connectivity index (χ1) is 8.71. The molecule has 0 atom stereocenters. The Kier molecular flexibility index (Phi) is 6.29. The molecule has 4 nitrogen and oxygen atoms in total. The molecule has 0 aromatic heterocycles. The van der Waals surface area contributed by atoms with Gasteiger partial charge < -0.3 is 10.2 Å². The lowest BCUT2D eigenvalue weighted by Crippen LogP contribution is -2.28. The summed E-state index contributed by atoms with van der Waals surface area (Å²) >= 11 is 0. The van der Waals surface area contributed by atoms with Crippen LogP contribution in [0.3, 0.4) is 0 Å². The molecule has 0 unspecified atom stereocenters. The zero-order valence-electron chi connectivity index (χ0n) is 10.1. The van der Waals surface area contributed by atoms with E-state index in [4.69, 9.17) is 15.5 Å². The van der Waals surface area contributed by atoms with E-state index in [-0.39, 0.29) is 13.2 Å². The Bertz CT molecular complexity index is 418. The molecule has 0 radical (unpaired) electrons. The maximum atomic E-state index is 13.0. The predicted octanol–water partition coefficient (Wildman–Crippen LogP) is 0.874. The molecule has 5 heteroatoms. The molecule has 0 aliphatic rings. The lowest BCUT2D eigenvalue weighted by atomic mass is 10.1. The summed E-state index contributed by atoms with van der Waals surface area (Å²) in [5.74, 6) is -0.431. The first-order valence-electron chi connectivity index (χ1n) is 5.84. The fraction of sp³-hybridized carbons (Fsp3) is 0.462. The van der Waals surface area contributed by atoms with Crippen molar-refractivity contribution in [3.8, 4) is 6.07 Å². The van der Waals surface area contributed by atoms with Crippen LogP contribution in [-0.2, 0) is 6.54 Å². The van der Waals surface area contributed by atoms with Crippen LogP contribution in [0.5, 0.6) is 0 Å². The Morgan fingerprint density at radius 2 is 2.00 bits per heavy atom. The maximum Gasteiger partial charge on any atom is 0.124 e. The molecule has 0 bridgehead atoms. The van der Waals surface area contributed by atoms with E-state index in [0.29, 0.717) is 31.6 Å². The van der Waals surface area contributed by atoms with Crippen molar-refractivity contribution in [2.45, 2.75) is 13.0 Å². The van der Waals surface area contributed by atoms with Gasteiger partial charge in [0.1, 0.15) is 5.82 Å². The van der Waals surface area contributed by atoms with E-state index in [2.05, 4.69) is 0 Å². The minimum Gasteiger partial charge on any atom is -0.396 e. The van der Waals surface area contributed by atoms with Crippen molar-refractivity contribution in [2.75, 3.05) is 26.3 Å². The smallest absolute Gasteiger partial charge is 0.124 e. The van der Waals surface area contributed by atoms with Crippen molar-refractivity contribution in [1.82, 2.24) is 4.90 Å². The van der Waals surface area contributed by atoms with Crippen LogP contribution >= 0.6 is 0 Å². The Morgan fingerprint density at radius 1 is 1.22 bits per heavy atom. The molecule has 0 aliphatic carbocycles. The first kappa shape index (κ1) is 14.6. The SMILES string of the molecule is N#Cc1cc(F)ccc1CN(CCO)CCCO. The molecule has 98 valence electrons. The molecule has 1 aromatic rings. The van der Waals surface area contributed by atoms with E-state index in [1.807, 2.05) is 11.0 Å². The Balaban J connectivity index is 2.76. The van der Waals surface area contributed by atoms with Crippen LogP contribution in [0.1, 0.15) is 17.5 Å². The number of aliphatic hydroxyl groups excluding tert-OH is 2. The number of nitrogens with zero attached hydrogens (tertiary/aromatic N) is 2. The molecule has 0 saturated heterocycles. The molecular weight excluding hydrogens is 235 g/mol. The highest BCUT2D eigenvalue weighted by Gasteiger charge is 2.09. The molecule has 18 heavy (non-hydrogen) atoms. The van der Waals surface area contributed by atoms with Crippen molar-refractivity contribution < 1.29 is 14.6 Å². The van der Waals surface area contributed by atoms with Gasteiger partial charge in [0.15, 0.2) is 0 Å². The summed E-state index contributed by atoms with van der Waals surface area (Å²) in [7, 11) is 0. The summed E-state index contributed by atoms with van der Waals surface area (Å²) in [5, 5.41) is 26.7. The van der Waals surface area contributed by atoms with E-state index in [1.165, 1.54) is 12.1 Å². The number of hydrogen-bond acceptors (Lipinski definition) is 4. The molecule has 0 spiro atoms. The van der Waals surface area contributed by atoms with Crippen LogP contribution in [0.2, 0.25) is 0 Å². The summed E-state index contributed by atoms with van der Waals surface area (Å²) in [6.07, 6.45) is 0.600. The van der Waals surface area contributed by atoms with Gasteiger partial charge in [0.05, 0.1) is 18.2 Å². The third-order valence-electron chi connectivity index (χ3n) is 2.64. The molecule has 0 heterocycles. The van der Waals surface area contributed by atoms with Crippen molar-refractivity contribution >= 4 is 0 Å². The van der Waals surface area contributed by atoms with Crippen LogP contribution in [0, 0.1) is 17.1 Å². The van der Waals surface area contributed by atoms with Crippen LogP contribution in [-0.4, -0.2) is 41.4 Å². The van der Waals surface area contributed by atoms with Crippen molar-refractivity contribution in [3.63, 3.8) is 0 Å². The van der Waals surface area contributed by atoms with E-state index in [0.717, 1.165) is 5.56 Å². The lowest BCUT2D eigenvalue weighted by molar-refractivity contribution is 0.174. The second-order valence-corrected chi connectivity index (χ2v) is 3.99. The average Bonchev–Trinajstić information content (AvgIpc) is 2.38. The van der Waals surface area contributed by atoms with Gasteiger partial charge in [-0.1, -0.05) is 6.07 Å². The van der Waals surface area contributed by atoms with E-state index >= 15 is 0 Å². The van der Waals surface area contributed by atoms with E-state index in [9.17, 15) is 4.39 Å². The van der Waals surface area contributed by atoms with Gasteiger partial charge in [-0.3, -0.25) is 4.90 Å². The van der Waals surface area contributed by atoms with Gasteiger partial charge in [-0.05, 0) is 24.1 Å². The highest BCUT2D eigenvalue weighted by Crippen LogP contribution is 2.13. The van der Waals surface area contributed by atoms with Crippen LogP contribution in [0.4, 0.5) is 4.39 Å². The fourth-order valence-corrected chi connectivity index (χ4v) is 1.74. The van der Waals surface area contributed by atoms with Crippen molar-refractivity contribution in [3.05, 3.63) is 35.1 Å². The van der Waals surface area contributed by atoms with Crippen molar-refractivity contribution in [1.29, 1.82) is 5.26 Å². The van der Waals surface area contributed by atoms with Crippen LogP contribution < -0.4 is 0 Å². The fourth-order valence-electron chi connectivity index (χ4n) is 1.74. The summed E-state index contributed by atoms with van der Waals surface area (Å²) in [6, 6.07) is 6.07. The third kappa shape index (κ3) is 4.41. The third-order valence-corrected chi connectivity index (χ3v) is 2.64. The molecular formula is C13H17FN2O2. The molecule has 0 amide bonds. The second-order valence-electron chi connectivity index (χ2n) is 3.99. The number of hydrogen-bond donors (Lipinski definition) is 2. The largest absolute Gasteiger partial charge is 0.396 e. The lowest BCUT2D eigenvalue weighted by Gasteiger charge is -2.21. The molecule has 1 aromatic carbocycles. The summed E-state index contributed by atoms with van der Waals surface area (Å²) in [6.45, 7) is 1.64. The van der Waals surface area contributed by atoms with E-state index < -0.39 is 5.82 Å². The van der Waals surface area contributed by atoms with Crippen LogP contribution in [0.25, 0.3) is 0 Å². The quantitative estimate of drug-likeness (QED) is 0.755. The highest BCUT2D eigenvalue weighted by molar-refractivity contribution is 5.37. The Labute approximate surface area is 106 Å². The number of rotatable bonds is 7. The topological polar surface area (TPSA) is 67.5 Å². The second kappa shape index (κ2) is 7.77. The number of halogens is 1. The number of nitriles is 1. The standard InChI is InChI=1S/C13H17FN2O2/c14-13-3-2-11(12(8-13)9-15)10-16(5-7-18)4-1-6-17/h2-3,8,17-18H,1,4-7,10H2. The summed E-state index contributed by atoms with van der Waals surface area (Å²) in [5.41, 5.74) is 1.03. The van der Waals surface area contributed by atoms with Crippen LogP contribution in [0.15, 0.2) is 18.2 Å². The van der Waals surface area contributed by atoms with Gasteiger partial charge >= 0.3 is 0 Å². The summed E-state index contributed by atoms with van der Waals surface area (Å²) < 4.78 is 13.0. The van der Waals surface area contributed by atoms with E-state index in [1.54, 1.807) is 6.07 Å². The Hall–Kier alpha value is -1.48. The average molecular weight is 252 g/mol. The minimum absolute atomic E-state index is 0.00844. The number of benzene rings is 1. The zero-order valence-corrected chi connectivity index (χ0v) is 10.1. The van der Waals surface area contributed by atoms with Gasteiger partial charge in [0.2, 0.25) is 0 Å². The predicted molar refractivity (Wildman–Crippen MR) is 65.2 cm³/mol.